The molecule has 0 N–H and O–H groups in total. The highest BCUT2D eigenvalue weighted by Crippen LogP contribution is 2.27. The normalized spacial score (nSPS) is 11.0. The van der Waals surface area contributed by atoms with Gasteiger partial charge in [0.1, 0.15) is 11.0 Å². The minimum Gasteiger partial charge on any atom is -0.228 e. The van der Waals surface area contributed by atoms with E-state index in [4.69, 9.17) is 11.6 Å². The lowest BCUT2D eigenvalue weighted by atomic mass is 10.1. The second-order valence-corrected chi connectivity index (χ2v) is 5.13. The molecule has 0 unspecified atom stereocenters. The van der Waals surface area contributed by atoms with Crippen molar-refractivity contribution in [2.24, 2.45) is 0 Å². The van der Waals surface area contributed by atoms with Gasteiger partial charge in [-0.1, -0.05) is 35.9 Å². The molecule has 0 radical (unpaired) electrons. The number of benzene rings is 2. The lowest BCUT2D eigenvalue weighted by Crippen LogP contribution is -1.94. The van der Waals surface area contributed by atoms with Crippen LogP contribution in [0.5, 0.6) is 0 Å². The zero-order valence-corrected chi connectivity index (χ0v) is 11.9. The van der Waals surface area contributed by atoms with Gasteiger partial charge < -0.3 is 0 Å². The van der Waals surface area contributed by atoms with Crippen molar-refractivity contribution in [3.8, 4) is 11.4 Å². The van der Waals surface area contributed by atoms with E-state index < -0.39 is 0 Å². The van der Waals surface area contributed by atoms with Crippen LogP contribution in [0.25, 0.3) is 22.3 Å². The quantitative estimate of drug-likeness (QED) is 0.606. The summed E-state index contributed by atoms with van der Waals surface area (Å²) in [6.45, 7) is 3.68. The second kappa shape index (κ2) is 4.84. The Balaban J connectivity index is 2.25. The lowest BCUT2D eigenvalue weighted by molar-refractivity contribution is 0.619. The first-order chi connectivity index (χ1) is 9.56. The second-order valence-electron chi connectivity index (χ2n) is 4.77. The summed E-state index contributed by atoms with van der Waals surface area (Å²) in [4.78, 5) is 8.77. The first kappa shape index (κ1) is 13.0. The van der Waals surface area contributed by atoms with Gasteiger partial charge in [0.05, 0.1) is 5.52 Å². The molecule has 0 aliphatic carbocycles. The van der Waals surface area contributed by atoms with Crippen LogP contribution in [0.15, 0.2) is 36.4 Å². The fraction of sp³-hybridized carbons (Fsp3) is 0.125. The van der Waals surface area contributed by atoms with E-state index >= 15 is 0 Å². The molecule has 3 aromatic rings. The molecule has 0 atom stereocenters. The first-order valence-electron chi connectivity index (χ1n) is 6.25. The molecule has 2 aromatic carbocycles. The van der Waals surface area contributed by atoms with Crippen LogP contribution in [0.1, 0.15) is 11.1 Å². The molecular weight excluding hydrogens is 275 g/mol. The minimum atomic E-state index is -0.272. The van der Waals surface area contributed by atoms with E-state index in [1.807, 2.05) is 25.1 Å². The Labute approximate surface area is 121 Å². The van der Waals surface area contributed by atoms with E-state index in [0.29, 0.717) is 22.1 Å². The molecule has 4 heteroatoms. The van der Waals surface area contributed by atoms with E-state index in [-0.39, 0.29) is 5.82 Å². The van der Waals surface area contributed by atoms with Crippen LogP contribution in [-0.2, 0) is 0 Å². The summed E-state index contributed by atoms with van der Waals surface area (Å²) in [6, 6.07) is 10.7. The molecule has 0 saturated heterocycles. The molecule has 1 heterocycles. The van der Waals surface area contributed by atoms with E-state index in [9.17, 15) is 4.39 Å². The van der Waals surface area contributed by atoms with Crippen LogP contribution < -0.4 is 0 Å². The maximum Gasteiger partial charge on any atom is 0.161 e. The van der Waals surface area contributed by atoms with Gasteiger partial charge in [0.2, 0.25) is 0 Å². The predicted molar refractivity (Wildman–Crippen MR) is 79.4 cm³/mol. The van der Waals surface area contributed by atoms with E-state index in [0.717, 1.165) is 16.5 Å². The largest absolute Gasteiger partial charge is 0.228 e. The van der Waals surface area contributed by atoms with Crippen molar-refractivity contribution in [3.05, 3.63) is 58.5 Å². The van der Waals surface area contributed by atoms with Gasteiger partial charge in [-0.05, 0) is 37.1 Å². The maximum absolute atomic E-state index is 13.7. The summed E-state index contributed by atoms with van der Waals surface area (Å²) in [5.41, 5.74) is 3.00. The van der Waals surface area contributed by atoms with Gasteiger partial charge in [-0.3, -0.25) is 0 Å². The molecule has 0 amide bonds. The third kappa shape index (κ3) is 2.14. The van der Waals surface area contributed by atoms with Crippen molar-refractivity contribution in [1.29, 1.82) is 0 Å². The summed E-state index contributed by atoms with van der Waals surface area (Å²) in [5, 5.41) is 1.23. The van der Waals surface area contributed by atoms with Crippen molar-refractivity contribution in [2.75, 3.05) is 0 Å². The molecule has 3 rings (SSSR count). The SMILES string of the molecule is Cc1ccc(-c2nc(Cl)c3c(C)cccc3n2)cc1F. The summed E-state index contributed by atoms with van der Waals surface area (Å²) in [7, 11) is 0. The fourth-order valence-corrected chi connectivity index (χ4v) is 2.49. The highest BCUT2D eigenvalue weighted by atomic mass is 35.5. The monoisotopic (exact) mass is 286 g/mol. The maximum atomic E-state index is 13.7. The number of rotatable bonds is 1. The number of hydrogen-bond acceptors (Lipinski definition) is 2. The van der Waals surface area contributed by atoms with Crippen molar-refractivity contribution in [1.82, 2.24) is 9.97 Å². The molecule has 100 valence electrons. The van der Waals surface area contributed by atoms with E-state index in [1.165, 1.54) is 6.07 Å². The van der Waals surface area contributed by atoms with Gasteiger partial charge in [-0.15, -0.1) is 0 Å². The van der Waals surface area contributed by atoms with Gasteiger partial charge in [-0.2, -0.15) is 0 Å². The third-order valence-corrected chi connectivity index (χ3v) is 3.59. The molecule has 2 nitrogen and oxygen atoms in total. The molecule has 20 heavy (non-hydrogen) atoms. The summed E-state index contributed by atoms with van der Waals surface area (Å²) >= 11 is 6.24. The highest BCUT2D eigenvalue weighted by Gasteiger charge is 2.10. The molecule has 0 aliphatic heterocycles. The molecule has 1 aromatic heterocycles. The van der Waals surface area contributed by atoms with Crippen LogP contribution in [0.2, 0.25) is 5.15 Å². The van der Waals surface area contributed by atoms with Crippen molar-refractivity contribution in [3.63, 3.8) is 0 Å². The number of fused-ring (bicyclic) bond motifs is 1. The Hall–Kier alpha value is -2.00. The van der Waals surface area contributed by atoms with Crippen molar-refractivity contribution in [2.45, 2.75) is 13.8 Å². The van der Waals surface area contributed by atoms with Crippen LogP contribution in [0.3, 0.4) is 0 Å². The number of aryl methyl sites for hydroxylation is 2. The Bertz CT molecular complexity index is 815. The van der Waals surface area contributed by atoms with Crippen molar-refractivity contribution < 1.29 is 4.39 Å². The van der Waals surface area contributed by atoms with Gasteiger partial charge in [0, 0.05) is 10.9 Å². The Morgan fingerprint density at radius 1 is 1.00 bits per heavy atom. The predicted octanol–water partition coefficient (Wildman–Crippen LogP) is 4.71. The van der Waals surface area contributed by atoms with E-state index in [1.54, 1.807) is 19.1 Å². The Morgan fingerprint density at radius 3 is 2.55 bits per heavy atom. The zero-order chi connectivity index (χ0) is 14.3. The smallest absolute Gasteiger partial charge is 0.161 e. The van der Waals surface area contributed by atoms with Crippen LogP contribution in [0, 0.1) is 19.7 Å². The summed E-state index contributed by atoms with van der Waals surface area (Å²) < 4.78 is 13.7. The average Bonchev–Trinajstić information content (AvgIpc) is 2.41. The van der Waals surface area contributed by atoms with E-state index in [2.05, 4.69) is 9.97 Å². The summed E-state index contributed by atoms with van der Waals surface area (Å²) in [6.07, 6.45) is 0. The average molecular weight is 287 g/mol. The molecule has 0 saturated carbocycles. The standard InChI is InChI=1S/C16H12ClFN2/c1-9-6-7-11(8-12(9)18)16-19-13-5-3-4-10(2)14(13)15(17)20-16/h3-8H,1-2H3. The lowest BCUT2D eigenvalue weighted by Gasteiger charge is -2.07. The number of halogens is 2. The highest BCUT2D eigenvalue weighted by molar-refractivity contribution is 6.34. The van der Waals surface area contributed by atoms with Gasteiger partial charge >= 0.3 is 0 Å². The molecular formula is C16H12ClFN2. The van der Waals surface area contributed by atoms with Gasteiger partial charge in [-0.25, -0.2) is 14.4 Å². The number of aromatic nitrogens is 2. The Kier molecular flexibility index (Phi) is 3.14. The zero-order valence-electron chi connectivity index (χ0n) is 11.1. The molecule has 0 aliphatic rings. The topological polar surface area (TPSA) is 25.8 Å². The molecule has 0 spiro atoms. The first-order valence-corrected chi connectivity index (χ1v) is 6.63. The van der Waals surface area contributed by atoms with Crippen LogP contribution >= 0.6 is 11.6 Å². The minimum absolute atomic E-state index is 0.272. The third-order valence-electron chi connectivity index (χ3n) is 3.32. The van der Waals surface area contributed by atoms with Gasteiger partial charge in [0.15, 0.2) is 5.82 Å². The summed E-state index contributed by atoms with van der Waals surface area (Å²) in [5.74, 6) is 0.165. The molecule has 0 bridgehead atoms. The number of hydrogen-bond donors (Lipinski definition) is 0. The van der Waals surface area contributed by atoms with Crippen LogP contribution in [0.4, 0.5) is 4.39 Å². The molecule has 0 fully saturated rings. The number of nitrogens with zero attached hydrogens (tertiary/aromatic N) is 2. The van der Waals surface area contributed by atoms with Crippen molar-refractivity contribution >= 4 is 22.5 Å². The fourth-order valence-electron chi connectivity index (χ4n) is 2.16. The van der Waals surface area contributed by atoms with Crippen LogP contribution in [-0.4, -0.2) is 9.97 Å². The van der Waals surface area contributed by atoms with Gasteiger partial charge in [0.25, 0.3) is 0 Å². The Morgan fingerprint density at radius 2 is 1.80 bits per heavy atom.